The molecule has 1 aliphatic carbocycles. The Morgan fingerprint density at radius 3 is 2.75 bits per heavy atom. The van der Waals surface area contributed by atoms with E-state index in [0.717, 1.165) is 53.9 Å². The van der Waals surface area contributed by atoms with Crippen molar-refractivity contribution in [2.45, 2.75) is 45.6 Å². The summed E-state index contributed by atoms with van der Waals surface area (Å²) in [6.45, 7) is 9.05. The van der Waals surface area contributed by atoms with Gasteiger partial charge in [0.15, 0.2) is 5.13 Å². The maximum Gasteiger partial charge on any atom is 0.253 e. The third-order valence-electron chi connectivity index (χ3n) is 6.62. The molecule has 1 amide bonds. The summed E-state index contributed by atoms with van der Waals surface area (Å²) < 4.78 is 13.2. The van der Waals surface area contributed by atoms with Crippen molar-refractivity contribution in [3.8, 4) is 17.0 Å². The summed E-state index contributed by atoms with van der Waals surface area (Å²) in [5, 5.41) is 9.47. The van der Waals surface area contributed by atoms with E-state index in [9.17, 15) is 4.79 Å². The lowest BCUT2D eigenvalue weighted by molar-refractivity contribution is -0.0508. The first-order valence-corrected chi connectivity index (χ1v) is 13.4. The quantitative estimate of drug-likeness (QED) is 0.391. The molecule has 36 heavy (non-hydrogen) atoms. The first-order valence-electron chi connectivity index (χ1n) is 12.6. The summed E-state index contributed by atoms with van der Waals surface area (Å²) in [4.78, 5) is 17.6. The van der Waals surface area contributed by atoms with Gasteiger partial charge in [0, 0.05) is 40.5 Å². The smallest absolute Gasteiger partial charge is 0.253 e. The van der Waals surface area contributed by atoms with Gasteiger partial charge in [0.1, 0.15) is 5.75 Å². The first kappa shape index (κ1) is 24.6. The van der Waals surface area contributed by atoms with Crippen LogP contribution in [0.5, 0.6) is 5.75 Å². The van der Waals surface area contributed by atoms with E-state index in [0.29, 0.717) is 24.6 Å². The lowest BCUT2D eigenvalue weighted by atomic mass is 9.90. The molecular weight excluding hydrogens is 472 g/mol. The molecule has 3 heterocycles. The van der Waals surface area contributed by atoms with Crippen LogP contribution in [0, 0.1) is 5.92 Å². The van der Waals surface area contributed by atoms with Crippen LogP contribution in [0.3, 0.4) is 0 Å². The molecule has 0 bridgehead atoms. The van der Waals surface area contributed by atoms with Crippen molar-refractivity contribution < 1.29 is 14.3 Å². The number of anilines is 1. The molecule has 0 atom stereocenters. The highest BCUT2D eigenvalue weighted by Crippen LogP contribution is 2.32. The Morgan fingerprint density at radius 1 is 1.25 bits per heavy atom. The minimum absolute atomic E-state index is 0.0567. The summed E-state index contributed by atoms with van der Waals surface area (Å²) in [6.07, 6.45) is 7.16. The number of benzene rings is 1. The van der Waals surface area contributed by atoms with Gasteiger partial charge < -0.3 is 24.7 Å². The molecule has 0 unspecified atom stereocenters. The van der Waals surface area contributed by atoms with E-state index in [-0.39, 0.29) is 11.4 Å². The van der Waals surface area contributed by atoms with Crippen LogP contribution in [0.1, 0.15) is 50.4 Å². The highest BCUT2D eigenvalue weighted by Gasteiger charge is 2.20. The summed E-state index contributed by atoms with van der Waals surface area (Å²) in [5.41, 5.74) is 4.95. The molecule has 0 radical (unpaired) electrons. The van der Waals surface area contributed by atoms with Gasteiger partial charge in [-0.2, -0.15) is 0 Å². The van der Waals surface area contributed by atoms with E-state index in [4.69, 9.17) is 14.5 Å². The second-order valence-corrected chi connectivity index (χ2v) is 11.4. The zero-order chi connectivity index (χ0) is 25.1. The number of hydrogen-bond donors (Lipinski definition) is 2. The zero-order valence-corrected chi connectivity index (χ0v) is 22.0. The molecular formula is C28H34N4O3S. The Balaban J connectivity index is 1.22. The average molecular weight is 507 g/mol. The van der Waals surface area contributed by atoms with E-state index in [1.807, 2.05) is 42.7 Å². The number of amides is 1. The van der Waals surface area contributed by atoms with E-state index < -0.39 is 0 Å². The SMILES string of the molecule is CC(C)(C)n1ccc(C(=O)NCC(Nc2nc(-c3cccc(OCC4COC4)c3)cs2)=C2CCC2)c1. The van der Waals surface area contributed by atoms with E-state index in [1.54, 1.807) is 11.3 Å². The Morgan fingerprint density at radius 2 is 2.08 bits per heavy atom. The van der Waals surface area contributed by atoms with E-state index >= 15 is 0 Å². The van der Waals surface area contributed by atoms with Gasteiger partial charge in [-0.1, -0.05) is 12.1 Å². The first-order chi connectivity index (χ1) is 17.3. The molecule has 190 valence electrons. The van der Waals surface area contributed by atoms with Crippen LogP contribution in [-0.4, -0.2) is 41.8 Å². The standard InChI is InChI=1S/C28H34N4O3S/c1-28(2,3)32-11-10-22(14-32)26(33)29-13-24(20-6-4-7-20)30-27-31-25(18-36-27)21-8-5-9-23(12-21)35-17-19-15-34-16-19/h5,8-12,14,18-19H,4,6-7,13,15-17H2,1-3H3,(H,29,33)(H,30,31). The van der Waals surface area contributed by atoms with Crippen molar-refractivity contribution in [3.05, 3.63) is 64.9 Å². The molecule has 7 nitrogen and oxygen atoms in total. The average Bonchev–Trinajstić information content (AvgIpc) is 3.45. The third-order valence-corrected chi connectivity index (χ3v) is 7.38. The van der Waals surface area contributed by atoms with Crippen molar-refractivity contribution in [2.24, 2.45) is 5.92 Å². The van der Waals surface area contributed by atoms with Gasteiger partial charge in [-0.05, 0) is 63.8 Å². The van der Waals surface area contributed by atoms with Crippen molar-refractivity contribution in [1.29, 1.82) is 0 Å². The molecule has 2 aromatic heterocycles. The number of nitrogens with one attached hydrogen (secondary N) is 2. The topological polar surface area (TPSA) is 77.4 Å². The largest absolute Gasteiger partial charge is 0.493 e. The number of allylic oxidation sites excluding steroid dienone is 1. The predicted molar refractivity (Wildman–Crippen MR) is 144 cm³/mol. The maximum absolute atomic E-state index is 12.8. The van der Waals surface area contributed by atoms with Crippen LogP contribution in [-0.2, 0) is 10.3 Å². The van der Waals surface area contributed by atoms with Crippen LogP contribution in [0.15, 0.2) is 59.4 Å². The number of carbonyl (C=O) groups is 1. The normalized spacial score (nSPS) is 15.7. The molecule has 2 fully saturated rings. The van der Waals surface area contributed by atoms with Gasteiger partial charge in [-0.25, -0.2) is 4.98 Å². The van der Waals surface area contributed by atoms with Crippen molar-refractivity contribution in [3.63, 3.8) is 0 Å². The van der Waals surface area contributed by atoms with Gasteiger partial charge in [0.05, 0.1) is 37.6 Å². The number of carbonyl (C=O) groups excluding carboxylic acids is 1. The number of thiazole rings is 1. The number of nitrogens with zero attached hydrogens (tertiary/aromatic N) is 2. The summed E-state index contributed by atoms with van der Waals surface area (Å²) in [5.74, 6) is 1.27. The summed E-state index contributed by atoms with van der Waals surface area (Å²) in [6, 6.07) is 9.93. The van der Waals surface area contributed by atoms with Crippen LogP contribution in [0.4, 0.5) is 5.13 Å². The van der Waals surface area contributed by atoms with Gasteiger partial charge in [-0.3, -0.25) is 4.79 Å². The molecule has 8 heteroatoms. The highest BCUT2D eigenvalue weighted by molar-refractivity contribution is 7.14. The van der Waals surface area contributed by atoms with Crippen LogP contribution >= 0.6 is 11.3 Å². The molecule has 5 rings (SSSR count). The molecule has 0 spiro atoms. The van der Waals surface area contributed by atoms with E-state index in [1.165, 1.54) is 12.0 Å². The molecule has 1 aliphatic heterocycles. The zero-order valence-electron chi connectivity index (χ0n) is 21.2. The fourth-order valence-electron chi connectivity index (χ4n) is 4.06. The number of hydrogen-bond acceptors (Lipinski definition) is 6. The molecule has 1 saturated heterocycles. The second-order valence-electron chi connectivity index (χ2n) is 10.5. The number of rotatable bonds is 9. The minimum Gasteiger partial charge on any atom is -0.493 e. The lowest BCUT2D eigenvalue weighted by Gasteiger charge is -2.25. The maximum atomic E-state index is 12.8. The molecule has 1 saturated carbocycles. The minimum atomic E-state index is -0.0673. The molecule has 2 aliphatic rings. The van der Waals surface area contributed by atoms with Gasteiger partial charge in [0.2, 0.25) is 0 Å². The number of aromatic nitrogens is 2. The highest BCUT2D eigenvalue weighted by atomic mass is 32.1. The second kappa shape index (κ2) is 10.5. The third kappa shape index (κ3) is 5.82. The van der Waals surface area contributed by atoms with Crippen molar-refractivity contribution >= 4 is 22.4 Å². The van der Waals surface area contributed by atoms with Crippen LogP contribution in [0.25, 0.3) is 11.3 Å². The molecule has 3 aromatic rings. The van der Waals surface area contributed by atoms with Gasteiger partial charge in [0.25, 0.3) is 5.91 Å². The van der Waals surface area contributed by atoms with Gasteiger partial charge >= 0.3 is 0 Å². The fraction of sp³-hybridized carbons (Fsp3) is 0.429. The number of ether oxygens (including phenoxy) is 2. The summed E-state index contributed by atoms with van der Waals surface area (Å²) >= 11 is 1.57. The lowest BCUT2D eigenvalue weighted by Crippen LogP contribution is -2.32. The molecule has 1 aromatic carbocycles. The Labute approximate surface area is 216 Å². The van der Waals surface area contributed by atoms with Gasteiger partial charge in [-0.15, -0.1) is 11.3 Å². The Bertz CT molecular complexity index is 1240. The Hall–Kier alpha value is -3.10. The van der Waals surface area contributed by atoms with E-state index in [2.05, 4.69) is 41.4 Å². The van der Waals surface area contributed by atoms with Crippen LogP contribution in [0.2, 0.25) is 0 Å². The van der Waals surface area contributed by atoms with Crippen molar-refractivity contribution in [2.75, 3.05) is 31.7 Å². The summed E-state index contributed by atoms with van der Waals surface area (Å²) in [7, 11) is 0. The monoisotopic (exact) mass is 506 g/mol. The predicted octanol–water partition coefficient (Wildman–Crippen LogP) is 5.67. The van der Waals surface area contributed by atoms with Crippen molar-refractivity contribution in [1.82, 2.24) is 14.9 Å². The Kier molecular flexibility index (Phi) is 7.16. The fourth-order valence-corrected chi connectivity index (χ4v) is 4.81. The molecule has 2 N–H and O–H groups in total. The van der Waals surface area contributed by atoms with Crippen LogP contribution < -0.4 is 15.4 Å².